The number of rotatable bonds is 2. The molecule has 0 aromatic heterocycles. The van der Waals surface area contributed by atoms with Crippen molar-refractivity contribution in [3.05, 3.63) is 70.8 Å². The Morgan fingerprint density at radius 2 is 1.46 bits per heavy atom. The van der Waals surface area contributed by atoms with Gasteiger partial charge < -0.3 is 5.32 Å². The molecular formula is C22H26N2. The Kier molecular flexibility index (Phi) is 3.68. The zero-order valence-electron chi connectivity index (χ0n) is 14.2. The molecular weight excluding hydrogens is 292 g/mol. The lowest BCUT2D eigenvalue weighted by Crippen LogP contribution is -2.53. The maximum absolute atomic E-state index is 3.65. The second-order valence-electron chi connectivity index (χ2n) is 7.65. The van der Waals surface area contributed by atoms with Crippen LogP contribution in [0.2, 0.25) is 0 Å². The molecule has 0 radical (unpaired) electrons. The molecule has 1 heterocycles. The van der Waals surface area contributed by atoms with Crippen molar-refractivity contribution in [1.82, 2.24) is 10.2 Å². The molecule has 124 valence electrons. The SMILES string of the molecule is c1ccc2c(c1)CCc1ccccc1C2N1CCNCC1C1CC1. The first kappa shape index (κ1) is 14.7. The first-order valence-electron chi connectivity index (χ1n) is 9.54. The topological polar surface area (TPSA) is 15.3 Å². The summed E-state index contributed by atoms with van der Waals surface area (Å²) in [6.07, 6.45) is 5.17. The van der Waals surface area contributed by atoms with E-state index in [4.69, 9.17) is 0 Å². The van der Waals surface area contributed by atoms with E-state index >= 15 is 0 Å². The summed E-state index contributed by atoms with van der Waals surface area (Å²) in [7, 11) is 0. The van der Waals surface area contributed by atoms with E-state index in [0.717, 1.165) is 25.6 Å². The van der Waals surface area contributed by atoms with Crippen molar-refractivity contribution in [2.24, 2.45) is 5.92 Å². The largest absolute Gasteiger partial charge is 0.314 e. The Bertz CT molecular complexity index is 687. The Balaban J connectivity index is 1.65. The smallest absolute Gasteiger partial charge is 0.0610 e. The highest BCUT2D eigenvalue weighted by molar-refractivity contribution is 5.44. The Hall–Kier alpha value is -1.64. The third kappa shape index (κ3) is 2.49. The van der Waals surface area contributed by atoms with Crippen LogP contribution in [0.5, 0.6) is 0 Å². The highest BCUT2D eigenvalue weighted by atomic mass is 15.3. The number of aryl methyl sites for hydroxylation is 2. The molecule has 1 saturated heterocycles. The van der Waals surface area contributed by atoms with Crippen LogP contribution in [-0.2, 0) is 12.8 Å². The molecule has 1 atom stereocenters. The summed E-state index contributed by atoms with van der Waals surface area (Å²) in [6, 6.07) is 19.5. The number of nitrogens with zero attached hydrogens (tertiary/aromatic N) is 1. The Morgan fingerprint density at radius 3 is 2.08 bits per heavy atom. The van der Waals surface area contributed by atoms with E-state index in [1.54, 1.807) is 22.3 Å². The first-order valence-corrected chi connectivity index (χ1v) is 9.54. The standard InChI is InChI=1S/C22H26N2/c1-3-7-19-16(5-1)9-10-17-6-2-4-8-20(17)22(19)24-14-13-23-15-21(24)18-11-12-18/h1-8,18,21-23H,9-15H2. The van der Waals surface area contributed by atoms with Gasteiger partial charge in [0.05, 0.1) is 6.04 Å². The number of nitrogens with one attached hydrogen (secondary N) is 1. The number of hydrogen-bond donors (Lipinski definition) is 1. The summed E-state index contributed by atoms with van der Waals surface area (Å²) in [5, 5.41) is 3.65. The van der Waals surface area contributed by atoms with Gasteiger partial charge in [-0.3, -0.25) is 4.90 Å². The molecule has 2 fully saturated rings. The van der Waals surface area contributed by atoms with Gasteiger partial charge in [0, 0.05) is 25.7 Å². The minimum atomic E-state index is 0.438. The fraction of sp³-hybridized carbons (Fsp3) is 0.455. The molecule has 1 saturated carbocycles. The van der Waals surface area contributed by atoms with E-state index in [9.17, 15) is 0 Å². The van der Waals surface area contributed by atoms with Crippen LogP contribution < -0.4 is 5.32 Å². The van der Waals surface area contributed by atoms with Crippen LogP contribution in [0.3, 0.4) is 0 Å². The average molecular weight is 318 g/mol. The van der Waals surface area contributed by atoms with Crippen LogP contribution in [0.4, 0.5) is 0 Å². The van der Waals surface area contributed by atoms with E-state index in [1.807, 2.05) is 0 Å². The van der Waals surface area contributed by atoms with Crippen molar-refractivity contribution in [1.29, 1.82) is 0 Å². The molecule has 1 aliphatic heterocycles. The van der Waals surface area contributed by atoms with E-state index in [1.165, 1.54) is 25.7 Å². The molecule has 2 heteroatoms. The molecule has 5 rings (SSSR count). The highest BCUT2D eigenvalue weighted by Crippen LogP contribution is 2.43. The van der Waals surface area contributed by atoms with Gasteiger partial charge in [-0.05, 0) is 53.9 Å². The molecule has 2 aromatic rings. The molecule has 0 bridgehead atoms. The van der Waals surface area contributed by atoms with Gasteiger partial charge in [-0.2, -0.15) is 0 Å². The van der Waals surface area contributed by atoms with Gasteiger partial charge in [-0.15, -0.1) is 0 Å². The van der Waals surface area contributed by atoms with Crippen molar-refractivity contribution in [3.8, 4) is 0 Å². The molecule has 1 N–H and O–H groups in total. The lowest BCUT2D eigenvalue weighted by atomic mass is 9.90. The van der Waals surface area contributed by atoms with E-state index in [-0.39, 0.29) is 0 Å². The summed E-state index contributed by atoms with van der Waals surface area (Å²) in [4.78, 5) is 2.83. The predicted molar refractivity (Wildman–Crippen MR) is 98.2 cm³/mol. The zero-order chi connectivity index (χ0) is 15.9. The van der Waals surface area contributed by atoms with E-state index < -0.39 is 0 Å². The fourth-order valence-electron chi connectivity index (χ4n) is 4.83. The van der Waals surface area contributed by atoms with Crippen molar-refractivity contribution < 1.29 is 0 Å². The third-order valence-corrected chi connectivity index (χ3v) is 6.19. The number of hydrogen-bond acceptors (Lipinski definition) is 2. The van der Waals surface area contributed by atoms with Gasteiger partial charge in [0.1, 0.15) is 0 Å². The van der Waals surface area contributed by atoms with Crippen LogP contribution in [0.25, 0.3) is 0 Å². The summed E-state index contributed by atoms with van der Waals surface area (Å²) in [5.41, 5.74) is 6.20. The summed E-state index contributed by atoms with van der Waals surface area (Å²) in [6.45, 7) is 3.43. The monoisotopic (exact) mass is 318 g/mol. The quantitative estimate of drug-likeness (QED) is 0.911. The van der Waals surface area contributed by atoms with Crippen LogP contribution >= 0.6 is 0 Å². The Labute approximate surface area is 144 Å². The highest BCUT2D eigenvalue weighted by Gasteiger charge is 2.41. The van der Waals surface area contributed by atoms with Crippen LogP contribution in [0.15, 0.2) is 48.5 Å². The van der Waals surface area contributed by atoms with Crippen LogP contribution in [-0.4, -0.2) is 30.6 Å². The molecule has 2 aromatic carbocycles. The predicted octanol–water partition coefficient (Wildman–Crippen LogP) is 3.56. The lowest BCUT2D eigenvalue weighted by Gasteiger charge is -2.43. The minimum absolute atomic E-state index is 0.438. The van der Waals surface area contributed by atoms with Gasteiger partial charge in [0.25, 0.3) is 0 Å². The van der Waals surface area contributed by atoms with Gasteiger partial charge in [-0.25, -0.2) is 0 Å². The number of piperazine rings is 1. The van der Waals surface area contributed by atoms with Gasteiger partial charge >= 0.3 is 0 Å². The average Bonchev–Trinajstić information content (AvgIpc) is 3.48. The molecule has 2 nitrogen and oxygen atoms in total. The van der Waals surface area contributed by atoms with Crippen LogP contribution in [0, 0.1) is 5.92 Å². The third-order valence-electron chi connectivity index (χ3n) is 6.19. The first-order chi connectivity index (χ1) is 11.9. The maximum Gasteiger partial charge on any atom is 0.0610 e. The molecule has 3 aliphatic rings. The van der Waals surface area contributed by atoms with Gasteiger partial charge in [-0.1, -0.05) is 48.5 Å². The summed E-state index contributed by atoms with van der Waals surface area (Å²) in [5.74, 6) is 0.903. The van der Waals surface area contributed by atoms with E-state index in [2.05, 4.69) is 58.7 Å². The second-order valence-corrected chi connectivity index (χ2v) is 7.65. The van der Waals surface area contributed by atoms with Crippen molar-refractivity contribution in [3.63, 3.8) is 0 Å². The zero-order valence-corrected chi connectivity index (χ0v) is 14.2. The summed E-state index contributed by atoms with van der Waals surface area (Å²) < 4.78 is 0. The molecule has 1 unspecified atom stereocenters. The maximum atomic E-state index is 3.65. The van der Waals surface area contributed by atoms with Crippen molar-refractivity contribution >= 4 is 0 Å². The van der Waals surface area contributed by atoms with Gasteiger partial charge in [0.2, 0.25) is 0 Å². The number of fused-ring (bicyclic) bond motifs is 2. The second kappa shape index (κ2) is 6.02. The van der Waals surface area contributed by atoms with Crippen molar-refractivity contribution in [2.75, 3.05) is 19.6 Å². The Morgan fingerprint density at radius 1 is 0.833 bits per heavy atom. The van der Waals surface area contributed by atoms with Crippen molar-refractivity contribution in [2.45, 2.75) is 37.8 Å². The normalized spacial score (nSPS) is 24.9. The minimum Gasteiger partial charge on any atom is -0.314 e. The van der Waals surface area contributed by atoms with Crippen LogP contribution in [0.1, 0.15) is 41.1 Å². The fourth-order valence-corrected chi connectivity index (χ4v) is 4.83. The molecule has 24 heavy (non-hydrogen) atoms. The summed E-state index contributed by atoms with van der Waals surface area (Å²) >= 11 is 0. The lowest BCUT2D eigenvalue weighted by molar-refractivity contribution is 0.109. The molecule has 0 amide bonds. The van der Waals surface area contributed by atoms with E-state index in [0.29, 0.717) is 12.1 Å². The van der Waals surface area contributed by atoms with Gasteiger partial charge in [0.15, 0.2) is 0 Å². The molecule has 0 spiro atoms. The number of benzene rings is 2. The molecule has 2 aliphatic carbocycles.